The second kappa shape index (κ2) is 7.37. The van der Waals surface area contributed by atoms with Crippen LogP contribution in [0.4, 0.5) is 0 Å². The van der Waals surface area contributed by atoms with Gasteiger partial charge in [0.25, 0.3) is 0 Å². The van der Waals surface area contributed by atoms with Crippen molar-refractivity contribution in [2.24, 2.45) is 0 Å². The number of rotatable bonds is 8. The number of aliphatic carboxylic acids is 1. The Bertz CT molecular complexity index is 845. The highest BCUT2D eigenvalue weighted by Crippen LogP contribution is 2.40. The molecule has 1 saturated carbocycles. The molecule has 2 N–H and O–H groups in total. The molecule has 1 aliphatic rings. The lowest BCUT2D eigenvalue weighted by atomic mass is 10.0. The zero-order valence-corrected chi connectivity index (χ0v) is 14.6. The quantitative estimate of drug-likeness (QED) is 0.756. The molecule has 6 heteroatoms. The summed E-state index contributed by atoms with van der Waals surface area (Å²) in [6.07, 6.45) is 2.29. The van der Waals surface area contributed by atoms with Gasteiger partial charge < -0.3 is 5.11 Å². The normalized spacial score (nSPS) is 15.7. The molecule has 25 heavy (non-hydrogen) atoms. The van der Waals surface area contributed by atoms with Crippen LogP contribution in [0.3, 0.4) is 0 Å². The van der Waals surface area contributed by atoms with Crippen molar-refractivity contribution in [3.63, 3.8) is 0 Å². The summed E-state index contributed by atoms with van der Waals surface area (Å²) in [6, 6.07) is 15.5. The summed E-state index contributed by atoms with van der Waals surface area (Å²) in [5.41, 5.74) is 1.80. The van der Waals surface area contributed by atoms with E-state index < -0.39 is 22.0 Å². The Morgan fingerprint density at radius 2 is 1.84 bits per heavy atom. The maximum atomic E-state index is 12.8. The topological polar surface area (TPSA) is 83.5 Å². The van der Waals surface area contributed by atoms with Gasteiger partial charge in [-0.1, -0.05) is 42.5 Å². The lowest BCUT2D eigenvalue weighted by Gasteiger charge is -2.19. The number of carbonyl (C=O) groups is 1. The number of carboxylic acids is 1. The zero-order valence-electron chi connectivity index (χ0n) is 13.8. The van der Waals surface area contributed by atoms with Crippen molar-refractivity contribution >= 4 is 16.0 Å². The van der Waals surface area contributed by atoms with Gasteiger partial charge in [-0.15, -0.1) is 0 Å². The van der Waals surface area contributed by atoms with Crippen LogP contribution in [0.2, 0.25) is 0 Å². The fourth-order valence-corrected chi connectivity index (χ4v) is 4.17. The van der Waals surface area contributed by atoms with Crippen molar-refractivity contribution < 1.29 is 18.3 Å². The molecule has 132 valence electrons. The van der Waals surface area contributed by atoms with E-state index in [0.29, 0.717) is 5.92 Å². The highest BCUT2D eigenvalue weighted by Gasteiger charge is 2.26. The molecule has 0 aliphatic heterocycles. The Labute approximate surface area is 147 Å². The number of hydrogen-bond donors (Lipinski definition) is 2. The first-order valence-corrected chi connectivity index (χ1v) is 9.83. The van der Waals surface area contributed by atoms with E-state index in [9.17, 15) is 13.2 Å². The number of nitrogens with one attached hydrogen (secondary N) is 1. The van der Waals surface area contributed by atoms with Crippen LogP contribution in [0.1, 0.15) is 48.8 Å². The van der Waals surface area contributed by atoms with Crippen molar-refractivity contribution in [3.05, 3.63) is 65.7 Å². The SMILES string of the molecule is O=C(O)CCC(NS(=O)(=O)c1cccc(C2CC2)c1)c1ccccc1. The summed E-state index contributed by atoms with van der Waals surface area (Å²) >= 11 is 0. The number of benzene rings is 2. The predicted octanol–water partition coefficient (Wildman–Crippen LogP) is 3.45. The number of hydrogen-bond acceptors (Lipinski definition) is 3. The lowest BCUT2D eigenvalue weighted by molar-refractivity contribution is -0.137. The minimum Gasteiger partial charge on any atom is -0.481 e. The Hall–Kier alpha value is -2.18. The molecule has 0 saturated heterocycles. The van der Waals surface area contributed by atoms with Crippen LogP contribution in [-0.2, 0) is 14.8 Å². The second-order valence-electron chi connectivity index (χ2n) is 6.36. The zero-order chi connectivity index (χ0) is 17.9. The molecule has 2 aromatic rings. The van der Waals surface area contributed by atoms with Crippen molar-refractivity contribution in [3.8, 4) is 0 Å². The molecule has 0 aromatic heterocycles. The molecular weight excluding hydrogens is 338 g/mol. The van der Waals surface area contributed by atoms with Gasteiger partial charge in [0.2, 0.25) is 10.0 Å². The average Bonchev–Trinajstić information content (AvgIpc) is 3.44. The minimum absolute atomic E-state index is 0.107. The number of carboxylic acid groups (broad SMARTS) is 1. The third-order valence-electron chi connectivity index (χ3n) is 4.36. The van der Waals surface area contributed by atoms with Crippen LogP contribution in [0.25, 0.3) is 0 Å². The first-order chi connectivity index (χ1) is 12.0. The van der Waals surface area contributed by atoms with Crippen LogP contribution >= 0.6 is 0 Å². The smallest absolute Gasteiger partial charge is 0.303 e. The molecule has 5 nitrogen and oxygen atoms in total. The summed E-state index contributed by atoms with van der Waals surface area (Å²) in [5.74, 6) is -0.483. The van der Waals surface area contributed by atoms with E-state index in [0.717, 1.165) is 24.0 Å². The Balaban J connectivity index is 1.84. The van der Waals surface area contributed by atoms with Gasteiger partial charge in [-0.05, 0) is 48.4 Å². The first kappa shape index (κ1) is 17.6. The monoisotopic (exact) mass is 359 g/mol. The third-order valence-corrected chi connectivity index (χ3v) is 5.83. The van der Waals surface area contributed by atoms with E-state index in [1.165, 1.54) is 0 Å². The van der Waals surface area contributed by atoms with Gasteiger partial charge >= 0.3 is 5.97 Å². The van der Waals surface area contributed by atoms with E-state index >= 15 is 0 Å². The Morgan fingerprint density at radius 3 is 2.48 bits per heavy atom. The van der Waals surface area contributed by atoms with E-state index in [-0.39, 0.29) is 17.7 Å². The van der Waals surface area contributed by atoms with Crippen molar-refractivity contribution in [1.82, 2.24) is 4.72 Å². The predicted molar refractivity (Wildman–Crippen MR) is 94.8 cm³/mol. The fourth-order valence-electron chi connectivity index (χ4n) is 2.85. The molecule has 0 heterocycles. The summed E-state index contributed by atoms with van der Waals surface area (Å²) < 4.78 is 28.3. The van der Waals surface area contributed by atoms with E-state index in [4.69, 9.17) is 5.11 Å². The number of sulfonamides is 1. The highest BCUT2D eigenvalue weighted by molar-refractivity contribution is 7.89. The fraction of sp³-hybridized carbons (Fsp3) is 0.316. The van der Waals surface area contributed by atoms with Crippen molar-refractivity contribution in [2.45, 2.75) is 42.5 Å². The van der Waals surface area contributed by atoms with Gasteiger partial charge in [0.1, 0.15) is 0 Å². The maximum Gasteiger partial charge on any atom is 0.303 e. The Kier molecular flexibility index (Phi) is 5.20. The lowest BCUT2D eigenvalue weighted by Crippen LogP contribution is -2.29. The van der Waals surface area contributed by atoms with E-state index in [2.05, 4.69) is 4.72 Å². The molecular formula is C19H21NO4S. The molecule has 1 fully saturated rings. The standard InChI is InChI=1S/C19H21NO4S/c21-19(22)12-11-18(15-5-2-1-3-6-15)20-25(23,24)17-8-4-7-16(13-17)14-9-10-14/h1-8,13-14,18,20H,9-12H2,(H,21,22). The van der Waals surface area contributed by atoms with Gasteiger partial charge in [0.15, 0.2) is 0 Å². The van der Waals surface area contributed by atoms with Gasteiger partial charge in [-0.2, -0.15) is 0 Å². The Morgan fingerprint density at radius 1 is 1.12 bits per heavy atom. The second-order valence-corrected chi connectivity index (χ2v) is 8.08. The summed E-state index contributed by atoms with van der Waals surface area (Å²) in [4.78, 5) is 11.1. The molecule has 0 spiro atoms. The maximum absolute atomic E-state index is 12.8. The molecule has 0 amide bonds. The van der Waals surface area contributed by atoms with Gasteiger partial charge in [0.05, 0.1) is 4.90 Å². The molecule has 3 rings (SSSR count). The first-order valence-electron chi connectivity index (χ1n) is 8.35. The summed E-state index contributed by atoms with van der Waals surface area (Å²) in [7, 11) is -3.73. The molecule has 0 radical (unpaired) electrons. The molecule has 1 unspecified atom stereocenters. The van der Waals surface area contributed by atoms with Crippen molar-refractivity contribution in [1.29, 1.82) is 0 Å². The summed E-state index contributed by atoms with van der Waals surface area (Å²) in [5, 5.41) is 8.95. The van der Waals surface area contributed by atoms with E-state index in [1.807, 2.05) is 24.3 Å². The van der Waals surface area contributed by atoms with Crippen LogP contribution < -0.4 is 4.72 Å². The van der Waals surface area contributed by atoms with Gasteiger partial charge in [0, 0.05) is 12.5 Å². The third kappa shape index (κ3) is 4.67. The van der Waals surface area contributed by atoms with Crippen LogP contribution in [0, 0.1) is 0 Å². The highest BCUT2D eigenvalue weighted by atomic mass is 32.2. The molecule has 0 bridgehead atoms. The van der Waals surface area contributed by atoms with Gasteiger partial charge in [-0.3, -0.25) is 4.79 Å². The molecule has 1 atom stereocenters. The molecule has 2 aromatic carbocycles. The summed E-state index contributed by atoms with van der Waals surface area (Å²) in [6.45, 7) is 0. The average molecular weight is 359 g/mol. The van der Waals surface area contributed by atoms with Crippen molar-refractivity contribution in [2.75, 3.05) is 0 Å². The van der Waals surface area contributed by atoms with Crippen LogP contribution in [0.5, 0.6) is 0 Å². The largest absolute Gasteiger partial charge is 0.481 e. The van der Waals surface area contributed by atoms with Gasteiger partial charge in [-0.25, -0.2) is 13.1 Å². The van der Waals surface area contributed by atoms with E-state index in [1.54, 1.807) is 30.3 Å². The van der Waals surface area contributed by atoms with Crippen LogP contribution in [-0.4, -0.2) is 19.5 Å². The minimum atomic E-state index is -3.73. The van der Waals surface area contributed by atoms with Crippen LogP contribution in [0.15, 0.2) is 59.5 Å². The molecule has 1 aliphatic carbocycles.